The van der Waals surface area contributed by atoms with Crippen LogP contribution >= 0.6 is 11.3 Å². The Hall–Kier alpha value is -0.940. The van der Waals surface area contributed by atoms with E-state index in [1.54, 1.807) is 6.92 Å². The first-order valence-corrected chi connectivity index (χ1v) is 5.69. The number of aromatic nitrogens is 1. The fraction of sp³-hybridized carbons (Fsp3) is 0.600. The number of carbonyl (C=O) groups is 1. The number of carbonyl (C=O) groups excluding carboxylic acids is 1. The van der Waals surface area contributed by atoms with Gasteiger partial charge in [0.25, 0.3) is 0 Å². The van der Waals surface area contributed by atoms with Gasteiger partial charge in [0.1, 0.15) is 4.88 Å². The third-order valence-electron chi connectivity index (χ3n) is 1.82. The van der Waals surface area contributed by atoms with E-state index in [2.05, 4.69) is 4.98 Å². The van der Waals surface area contributed by atoms with E-state index in [1.165, 1.54) is 11.3 Å². The van der Waals surface area contributed by atoms with Gasteiger partial charge in [-0.1, -0.05) is 13.8 Å². The fourth-order valence-electron chi connectivity index (χ4n) is 1.08. The summed E-state index contributed by atoms with van der Waals surface area (Å²) in [7, 11) is 0. The van der Waals surface area contributed by atoms with Gasteiger partial charge in [-0.15, -0.1) is 11.3 Å². The lowest BCUT2D eigenvalue weighted by Gasteiger charge is -1.98. The van der Waals surface area contributed by atoms with Gasteiger partial charge >= 0.3 is 5.97 Å². The van der Waals surface area contributed by atoms with Crippen molar-refractivity contribution < 1.29 is 14.6 Å². The first-order valence-electron chi connectivity index (χ1n) is 4.87. The van der Waals surface area contributed by atoms with Gasteiger partial charge in [0, 0.05) is 5.92 Å². The molecule has 4 nitrogen and oxygen atoms in total. The summed E-state index contributed by atoms with van der Waals surface area (Å²) in [6, 6.07) is 0. The van der Waals surface area contributed by atoms with Gasteiger partial charge in [-0.25, -0.2) is 9.78 Å². The highest BCUT2D eigenvalue weighted by molar-refractivity contribution is 7.13. The average molecular weight is 229 g/mol. The van der Waals surface area contributed by atoms with Gasteiger partial charge in [0.2, 0.25) is 0 Å². The number of thiazole rings is 1. The van der Waals surface area contributed by atoms with E-state index in [0.29, 0.717) is 17.2 Å². The predicted octanol–water partition coefficient (Wildman–Crippen LogP) is 1.94. The Bertz CT molecular complexity index is 346. The van der Waals surface area contributed by atoms with Crippen molar-refractivity contribution in [3.63, 3.8) is 0 Å². The van der Waals surface area contributed by atoms with Crippen LogP contribution in [0.2, 0.25) is 0 Å². The normalized spacial score (nSPS) is 10.7. The maximum atomic E-state index is 11.5. The second-order valence-electron chi connectivity index (χ2n) is 3.36. The van der Waals surface area contributed by atoms with E-state index in [4.69, 9.17) is 9.84 Å². The average Bonchev–Trinajstić information content (AvgIpc) is 2.61. The Kier molecular flexibility index (Phi) is 4.23. The third kappa shape index (κ3) is 2.76. The molecule has 0 saturated heterocycles. The minimum Gasteiger partial charge on any atom is -0.462 e. The van der Waals surface area contributed by atoms with Crippen molar-refractivity contribution in [2.24, 2.45) is 0 Å². The Labute approximate surface area is 92.9 Å². The van der Waals surface area contributed by atoms with Crippen LogP contribution in [0.4, 0.5) is 0 Å². The fourth-order valence-corrected chi connectivity index (χ4v) is 2.05. The number of hydrogen-bond acceptors (Lipinski definition) is 5. The van der Waals surface area contributed by atoms with E-state index < -0.39 is 5.97 Å². The summed E-state index contributed by atoms with van der Waals surface area (Å²) in [5.74, 6) is -0.144. The monoisotopic (exact) mass is 229 g/mol. The first kappa shape index (κ1) is 12.1. The molecule has 0 aliphatic carbocycles. The number of ether oxygens (including phenoxy) is 1. The highest BCUT2D eigenvalue weighted by Gasteiger charge is 2.19. The van der Waals surface area contributed by atoms with E-state index in [1.807, 2.05) is 13.8 Å². The van der Waals surface area contributed by atoms with Crippen LogP contribution in [0.15, 0.2) is 0 Å². The van der Waals surface area contributed by atoms with E-state index in [0.717, 1.165) is 5.01 Å². The van der Waals surface area contributed by atoms with E-state index in [9.17, 15) is 4.79 Å². The van der Waals surface area contributed by atoms with E-state index in [-0.39, 0.29) is 12.5 Å². The Morgan fingerprint density at radius 2 is 2.27 bits per heavy atom. The standard InChI is InChI=1S/C10H15NO3S/c1-4-14-10(13)8-7(5-12)11-9(15-8)6(2)3/h6,12H,4-5H2,1-3H3. The third-order valence-corrected chi connectivity index (χ3v) is 3.20. The molecule has 0 bridgehead atoms. The molecule has 1 aromatic heterocycles. The molecule has 0 aliphatic heterocycles. The van der Waals surface area contributed by atoms with Crippen molar-refractivity contribution >= 4 is 17.3 Å². The van der Waals surface area contributed by atoms with Gasteiger partial charge in [-0.05, 0) is 6.92 Å². The number of nitrogens with zero attached hydrogens (tertiary/aromatic N) is 1. The molecular weight excluding hydrogens is 214 g/mol. The van der Waals surface area contributed by atoms with Crippen molar-refractivity contribution in [1.82, 2.24) is 4.98 Å². The molecule has 1 N–H and O–H groups in total. The molecule has 0 amide bonds. The highest BCUT2D eigenvalue weighted by Crippen LogP contribution is 2.25. The number of esters is 1. The van der Waals surface area contributed by atoms with Crippen molar-refractivity contribution in [2.75, 3.05) is 6.61 Å². The summed E-state index contributed by atoms with van der Waals surface area (Å²) in [5, 5.41) is 9.92. The van der Waals surface area contributed by atoms with Crippen LogP contribution in [0.1, 0.15) is 47.1 Å². The molecule has 0 aromatic carbocycles. The zero-order valence-corrected chi connectivity index (χ0v) is 9.93. The zero-order valence-electron chi connectivity index (χ0n) is 9.11. The smallest absolute Gasteiger partial charge is 0.350 e. The van der Waals surface area contributed by atoms with Gasteiger partial charge in [-0.3, -0.25) is 0 Å². The topological polar surface area (TPSA) is 59.4 Å². The summed E-state index contributed by atoms with van der Waals surface area (Å²) in [6.07, 6.45) is 0. The van der Waals surface area contributed by atoms with Crippen LogP contribution in [0.5, 0.6) is 0 Å². The molecule has 0 fully saturated rings. The molecule has 0 saturated carbocycles. The number of aliphatic hydroxyl groups is 1. The van der Waals surface area contributed by atoms with Gasteiger partial charge in [-0.2, -0.15) is 0 Å². The minimum absolute atomic E-state index is 0.225. The van der Waals surface area contributed by atoms with Crippen LogP contribution in [-0.4, -0.2) is 22.7 Å². The molecule has 15 heavy (non-hydrogen) atoms. The molecule has 0 atom stereocenters. The Balaban J connectivity index is 3.00. The van der Waals surface area contributed by atoms with Crippen LogP contribution < -0.4 is 0 Å². The SMILES string of the molecule is CCOC(=O)c1sc(C(C)C)nc1CO. The van der Waals surface area contributed by atoms with E-state index >= 15 is 0 Å². The molecule has 0 spiro atoms. The minimum atomic E-state index is -0.397. The first-order chi connectivity index (χ1) is 7.10. The van der Waals surface area contributed by atoms with Gasteiger partial charge in [0.15, 0.2) is 0 Å². The van der Waals surface area contributed by atoms with Crippen molar-refractivity contribution in [2.45, 2.75) is 33.3 Å². The van der Waals surface area contributed by atoms with Crippen LogP contribution in [0.3, 0.4) is 0 Å². The summed E-state index contributed by atoms with van der Waals surface area (Å²) < 4.78 is 4.88. The quantitative estimate of drug-likeness (QED) is 0.801. The number of rotatable bonds is 4. The lowest BCUT2D eigenvalue weighted by atomic mass is 10.2. The zero-order chi connectivity index (χ0) is 11.4. The van der Waals surface area contributed by atoms with Gasteiger partial charge < -0.3 is 9.84 Å². The van der Waals surface area contributed by atoms with Crippen molar-refractivity contribution in [3.05, 3.63) is 15.6 Å². The Morgan fingerprint density at radius 1 is 1.60 bits per heavy atom. The van der Waals surface area contributed by atoms with Crippen LogP contribution in [-0.2, 0) is 11.3 Å². The summed E-state index contributed by atoms with van der Waals surface area (Å²) in [6.45, 7) is 5.85. The van der Waals surface area contributed by atoms with Crippen LogP contribution in [0, 0.1) is 0 Å². The van der Waals surface area contributed by atoms with Crippen LogP contribution in [0.25, 0.3) is 0 Å². The summed E-state index contributed by atoms with van der Waals surface area (Å²) >= 11 is 1.29. The lowest BCUT2D eigenvalue weighted by molar-refractivity contribution is 0.0528. The largest absolute Gasteiger partial charge is 0.462 e. The predicted molar refractivity (Wildman–Crippen MR) is 58.1 cm³/mol. The highest BCUT2D eigenvalue weighted by atomic mass is 32.1. The maximum Gasteiger partial charge on any atom is 0.350 e. The summed E-state index contributed by atoms with van der Waals surface area (Å²) in [4.78, 5) is 16.1. The van der Waals surface area contributed by atoms with Gasteiger partial charge in [0.05, 0.1) is 23.9 Å². The molecule has 5 heteroatoms. The molecule has 0 unspecified atom stereocenters. The molecule has 1 rings (SSSR count). The Morgan fingerprint density at radius 3 is 2.73 bits per heavy atom. The second kappa shape index (κ2) is 5.23. The van der Waals surface area contributed by atoms with Crippen molar-refractivity contribution in [1.29, 1.82) is 0 Å². The maximum absolute atomic E-state index is 11.5. The van der Waals surface area contributed by atoms with Crippen molar-refractivity contribution in [3.8, 4) is 0 Å². The molecular formula is C10H15NO3S. The molecule has 0 aliphatic rings. The number of hydrogen-bond donors (Lipinski definition) is 1. The molecule has 1 heterocycles. The molecule has 84 valence electrons. The molecule has 0 radical (unpaired) electrons. The lowest BCUT2D eigenvalue weighted by Crippen LogP contribution is -2.05. The molecule has 1 aromatic rings. The summed E-state index contributed by atoms with van der Waals surface area (Å²) in [5.41, 5.74) is 0.419. The second-order valence-corrected chi connectivity index (χ2v) is 4.39. The number of aliphatic hydroxyl groups excluding tert-OH is 1.